The maximum absolute atomic E-state index is 6.00. The van der Waals surface area contributed by atoms with E-state index in [1.165, 1.54) is 21.9 Å². The van der Waals surface area contributed by atoms with Gasteiger partial charge in [-0.1, -0.05) is 64.0 Å². The molecule has 0 amide bonds. The number of alkyl halides is 1. The van der Waals surface area contributed by atoms with Crippen LogP contribution in [-0.4, -0.2) is 9.52 Å². The van der Waals surface area contributed by atoms with Gasteiger partial charge in [0.15, 0.2) is 0 Å². The van der Waals surface area contributed by atoms with E-state index in [0.29, 0.717) is 5.88 Å². The molecule has 2 aromatic carbocycles. The van der Waals surface area contributed by atoms with Crippen LogP contribution >= 0.6 is 11.6 Å². The van der Waals surface area contributed by atoms with Gasteiger partial charge in [0.25, 0.3) is 0 Å². The highest BCUT2D eigenvalue weighted by Gasteiger charge is 2.07. The quantitative estimate of drug-likeness (QED) is 0.586. The number of aryl methyl sites for hydroxylation is 2. The molecule has 0 aliphatic carbocycles. The highest BCUT2D eigenvalue weighted by Crippen LogP contribution is 2.03. The molecule has 0 unspecified atom stereocenters. The molecule has 0 nitrogen and oxygen atoms in total. The molecular weight excluding hydrogens is 244 g/mol. The van der Waals surface area contributed by atoms with Crippen molar-refractivity contribution in [1.82, 2.24) is 0 Å². The summed E-state index contributed by atoms with van der Waals surface area (Å²) in [7, 11) is -0.416. The van der Waals surface area contributed by atoms with Crippen LogP contribution in [0.4, 0.5) is 0 Å². The Balaban J connectivity index is 2.38. The maximum Gasteiger partial charge on any atom is 0.0886 e. The van der Waals surface area contributed by atoms with E-state index in [1.54, 1.807) is 5.19 Å². The maximum atomic E-state index is 6.00. The second kappa shape index (κ2) is 5.52. The first-order valence-corrected chi connectivity index (χ1v) is 7.85. The number of halogens is 1. The number of benzene rings is 2. The number of hydrogen-bond acceptors (Lipinski definition) is 0. The van der Waals surface area contributed by atoms with Crippen molar-refractivity contribution < 1.29 is 0 Å². The molecule has 0 bridgehead atoms. The molecule has 2 aromatic rings. The van der Waals surface area contributed by atoms with Gasteiger partial charge in [0.2, 0.25) is 0 Å². The fraction of sp³-hybridized carbons (Fsp3) is 0.200. The highest BCUT2D eigenvalue weighted by molar-refractivity contribution is 6.68. The van der Waals surface area contributed by atoms with Crippen molar-refractivity contribution in [3.63, 3.8) is 0 Å². The van der Waals surface area contributed by atoms with E-state index in [9.17, 15) is 0 Å². The van der Waals surface area contributed by atoms with Gasteiger partial charge in [-0.25, -0.2) is 0 Å². The molecular formula is C15H17ClSi. The molecule has 0 fully saturated rings. The third kappa shape index (κ3) is 2.79. The minimum absolute atomic E-state index is 0.416. The van der Waals surface area contributed by atoms with Gasteiger partial charge in [-0.15, -0.1) is 11.6 Å². The van der Waals surface area contributed by atoms with Crippen LogP contribution in [0, 0.1) is 13.8 Å². The summed E-state index contributed by atoms with van der Waals surface area (Å²) < 4.78 is 0. The topological polar surface area (TPSA) is 0 Å². The van der Waals surface area contributed by atoms with Crippen LogP contribution < -0.4 is 10.4 Å². The summed E-state index contributed by atoms with van der Waals surface area (Å²) in [5, 5.41) is 3.03. The Bertz CT molecular complexity index is 500. The zero-order chi connectivity index (χ0) is 12.3. The molecule has 0 atom stereocenters. The zero-order valence-corrected chi connectivity index (χ0v) is 12.5. The normalized spacial score (nSPS) is 11.2. The van der Waals surface area contributed by atoms with Gasteiger partial charge in [0.1, 0.15) is 0 Å². The smallest absolute Gasteiger partial charge is 0.0886 e. The molecule has 2 heteroatoms. The van der Waals surface area contributed by atoms with Crippen molar-refractivity contribution in [3.8, 4) is 0 Å². The van der Waals surface area contributed by atoms with Gasteiger partial charge in [-0.2, -0.15) is 0 Å². The van der Waals surface area contributed by atoms with Gasteiger partial charge in [-0.3, -0.25) is 0 Å². The van der Waals surface area contributed by atoms with E-state index in [4.69, 9.17) is 11.6 Å². The third-order valence-electron chi connectivity index (χ3n) is 3.27. The Morgan fingerprint density at radius 2 is 1.59 bits per heavy atom. The molecule has 0 N–H and O–H groups in total. The van der Waals surface area contributed by atoms with Crippen molar-refractivity contribution in [1.29, 1.82) is 0 Å². The first kappa shape index (κ1) is 12.4. The molecule has 88 valence electrons. The van der Waals surface area contributed by atoms with Gasteiger partial charge >= 0.3 is 0 Å². The largest absolute Gasteiger partial charge is 0.122 e. The first-order chi connectivity index (χ1) is 8.22. The van der Waals surface area contributed by atoms with Gasteiger partial charge in [-0.05, 0) is 19.4 Å². The van der Waals surface area contributed by atoms with Gasteiger partial charge < -0.3 is 0 Å². The third-order valence-corrected chi connectivity index (χ3v) is 6.10. The van der Waals surface area contributed by atoms with Gasteiger partial charge in [0, 0.05) is 5.88 Å². The summed E-state index contributed by atoms with van der Waals surface area (Å²) >= 11 is 6.00. The highest BCUT2D eigenvalue weighted by atomic mass is 35.5. The van der Waals surface area contributed by atoms with Crippen molar-refractivity contribution in [2.24, 2.45) is 0 Å². The molecule has 0 radical (unpaired) electrons. The molecule has 17 heavy (non-hydrogen) atoms. The summed E-state index contributed by atoms with van der Waals surface area (Å²) in [4.78, 5) is 0. The lowest BCUT2D eigenvalue weighted by Crippen LogP contribution is -2.33. The summed E-state index contributed by atoms with van der Waals surface area (Å²) in [6.45, 7) is 4.41. The van der Waals surface area contributed by atoms with Crippen LogP contribution in [0.25, 0.3) is 0 Å². The van der Waals surface area contributed by atoms with Crippen molar-refractivity contribution >= 4 is 31.5 Å². The minimum atomic E-state index is -0.416. The van der Waals surface area contributed by atoms with Crippen LogP contribution in [0.2, 0.25) is 0 Å². The molecule has 0 spiro atoms. The van der Waals surface area contributed by atoms with E-state index >= 15 is 0 Å². The predicted octanol–water partition coefficient (Wildman–Crippen LogP) is 2.16. The van der Waals surface area contributed by atoms with Crippen molar-refractivity contribution in [3.05, 3.63) is 59.2 Å². The Kier molecular flexibility index (Phi) is 4.03. The van der Waals surface area contributed by atoms with E-state index < -0.39 is 9.52 Å². The SMILES string of the molecule is Cc1cccc(C)c1[SiH2]c1ccccc1CCl. The summed E-state index contributed by atoms with van der Waals surface area (Å²) in [6.07, 6.45) is 0. The Morgan fingerprint density at radius 3 is 2.24 bits per heavy atom. The van der Waals surface area contributed by atoms with E-state index in [-0.39, 0.29) is 0 Å². The van der Waals surface area contributed by atoms with Crippen LogP contribution in [-0.2, 0) is 5.88 Å². The molecule has 0 aromatic heterocycles. The Hall–Kier alpha value is -1.05. The number of rotatable bonds is 3. The summed E-state index contributed by atoms with van der Waals surface area (Å²) in [5.41, 5.74) is 4.13. The Labute approximate surface area is 110 Å². The first-order valence-electron chi connectivity index (χ1n) is 5.90. The van der Waals surface area contributed by atoms with Crippen LogP contribution in [0.15, 0.2) is 42.5 Å². The average Bonchev–Trinajstić information content (AvgIpc) is 2.34. The molecule has 0 aliphatic heterocycles. The lowest BCUT2D eigenvalue weighted by atomic mass is 10.2. The Morgan fingerprint density at radius 1 is 0.941 bits per heavy atom. The average molecular weight is 261 g/mol. The lowest BCUT2D eigenvalue weighted by Gasteiger charge is -2.11. The lowest BCUT2D eigenvalue weighted by molar-refractivity contribution is 1.42. The van der Waals surface area contributed by atoms with E-state index in [1.807, 2.05) is 0 Å². The van der Waals surface area contributed by atoms with Crippen molar-refractivity contribution in [2.75, 3.05) is 0 Å². The second-order valence-corrected chi connectivity index (χ2v) is 6.54. The molecule has 0 heterocycles. The standard InChI is InChI=1S/C15H17ClSi/c1-11-6-5-7-12(2)15(11)17-14-9-4-3-8-13(14)10-16/h3-9H,10,17H2,1-2H3. The monoisotopic (exact) mass is 260 g/mol. The van der Waals surface area contributed by atoms with Crippen LogP contribution in [0.3, 0.4) is 0 Å². The van der Waals surface area contributed by atoms with Gasteiger partial charge in [0.05, 0.1) is 9.52 Å². The van der Waals surface area contributed by atoms with Crippen LogP contribution in [0.1, 0.15) is 16.7 Å². The fourth-order valence-corrected chi connectivity index (χ4v) is 4.50. The van der Waals surface area contributed by atoms with Crippen molar-refractivity contribution in [2.45, 2.75) is 19.7 Å². The van der Waals surface area contributed by atoms with E-state index in [2.05, 4.69) is 56.3 Å². The zero-order valence-electron chi connectivity index (χ0n) is 10.3. The molecule has 0 aliphatic rings. The minimum Gasteiger partial charge on any atom is -0.122 e. The second-order valence-electron chi connectivity index (χ2n) is 4.45. The van der Waals surface area contributed by atoms with Crippen LogP contribution in [0.5, 0.6) is 0 Å². The summed E-state index contributed by atoms with van der Waals surface area (Å²) in [6, 6.07) is 15.1. The number of hydrogen-bond donors (Lipinski definition) is 0. The molecule has 2 rings (SSSR count). The fourth-order valence-electron chi connectivity index (χ4n) is 2.18. The molecule has 0 saturated carbocycles. The summed E-state index contributed by atoms with van der Waals surface area (Å²) in [5.74, 6) is 0.619. The van der Waals surface area contributed by atoms with E-state index in [0.717, 1.165) is 0 Å². The predicted molar refractivity (Wildman–Crippen MR) is 79.7 cm³/mol. The molecule has 0 saturated heterocycles.